The van der Waals surface area contributed by atoms with Crippen LogP contribution in [0.1, 0.15) is 12.8 Å². The fraction of sp³-hybridized carbons (Fsp3) is 0.286. The molecule has 2 aromatic rings. The van der Waals surface area contributed by atoms with Gasteiger partial charge in [-0.3, -0.25) is 0 Å². The lowest BCUT2D eigenvalue weighted by Crippen LogP contribution is -2.19. The summed E-state index contributed by atoms with van der Waals surface area (Å²) in [6.07, 6.45) is 4.29. The van der Waals surface area contributed by atoms with Crippen molar-refractivity contribution in [2.75, 3.05) is 6.61 Å². The molecule has 0 saturated heterocycles. The molecule has 1 atom stereocenters. The van der Waals surface area contributed by atoms with E-state index in [2.05, 4.69) is 10.2 Å². The highest BCUT2D eigenvalue weighted by atomic mass is 16.3. The van der Waals surface area contributed by atoms with Crippen LogP contribution in [0.3, 0.4) is 0 Å². The third-order valence-electron chi connectivity index (χ3n) is 3.20. The molecule has 0 aliphatic heterocycles. The minimum atomic E-state index is -0.607. The number of fused-ring (bicyclic) bond motifs is 1. The second kappa shape index (κ2) is 4.95. The first-order valence-electron chi connectivity index (χ1n) is 6.30. The van der Waals surface area contributed by atoms with Crippen molar-refractivity contribution in [1.29, 1.82) is 0 Å². The fourth-order valence-electron chi connectivity index (χ4n) is 2.20. The number of aliphatic hydroxyl groups is 2. The maximum atomic E-state index is 10.1. The van der Waals surface area contributed by atoms with Crippen LogP contribution in [0.15, 0.2) is 42.0 Å². The Hall–Kier alpha value is -1.98. The molecule has 1 aliphatic carbocycles. The highest BCUT2D eigenvalue weighted by molar-refractivity contribution is 5.74. The Labute approximate surface area is 110 Å². The lowest BCUT2D eigenvalue weighted by Gasteiger charge is -2.18. The predicted molar refractivity (Wildman–Crippen MR) is 72.2 cm³/mol. The van der Waals surface area contributed by atoms with Gasteiger partial charge in [0.1, 0.15) is 17.1 Å². The van der Waals surface area contributed by atoms with Gasteiger partial charge in [-0.2, -0.15) is 4.80 Å². The Balaban J connectivity index is 2.01. The molecule has 1 aromatic carbocycles. The molecule has 5 heteroatoms. The molecule has 0 bridgehead atoms. The van der Waals surface area contributed by atoms with E-state index >= 15 is 0 Å². The average molecular weight is 257 g/mol. The summed E-state index contributed by atoms with van der Waals surface area (Å²) in [4.78, 5) is 1.49. The maximum absolute atomic E-state index is 10.1. The zero-order valence-corrected chi connectivity index (χ0v) is 10.4. The summed E-state index contributed by atoms with van der Waals surface area (Å²) in [5.41, 5.74) is 3.26. The second-order valence-electron chi connectivity index (χ2n) is 4.55. The first-order chi connectivity index (χ1) is 9.28. The molecule has 1 unspecified atom stereocenters. The molecule has 2 N–H and O–H groups in total. The van der Waals surface area contributed by atoms with Gasteiger partial charge < -0.3 is 10.2 Å². The van der Waals surface area contributed by atoms with Crippen molar-refractivity contribution in [1.82, 2.24) is 15.0 Å². The zero-order valence-electron chi connectivity index (χ0n) is 10.4. The summed E-state index contributed by atoms with van der Waals surface area (Å²) in [5.74, 6) is 0. The number of benzene rings is 1. The van der Waals surface area contributed by atoms with Crippen molar-refractivity contribution in [3.05, 3.63) is 42.0 Å². The first kappa shape index (κ1) is 12.1. The van der Waals surface area contributed by atoms with Gasteiger partial charge in [-0.15, -0.1) is 10.2 Å². The Morgan fingerprint density at radius 1 is 1.21 bits per heavy atom. The highest BCUT2D eigenvalue weighted by Crippen LogP contribution is 2.23. The molecule has 19 heavy (non-hydrogen) atoms. The first-order valence-corrected chi connectivity index (χ1v) is 6.30. The van der Waals surface area contributed by atoms with Crippen molar-refractivity contribution < 1.29 is 10.2 Å². The Morgan fingerprint density at radius 2 is 1.89 bits per heavy atom. The molecule has 0 saturated carbocycles. The quantitative estimate of drug-likeness (QED) is 0.870. The van der Waals surface area contributed by atoms with Gasteiger partial charge in [0.2, 0.25) is 0 Å². The number of hydrogen-bond donors (Lipinski definition) is 2. The van der Waals surface area contributed by atoms with Crippen LogP contribution in [0.2, 0.25) is 0 Å². The van der Waals surface area contributed by atoms with E-state index in [1.165, 1.54) is 4.80 Å². The average Bonchev–Trinajstić information content (AvgIpc) is 2.85. The summed E-state index contributed by atoms with van der Waals surface area (Å²) < 4.78 is 0. The van der Waals surface area contributed by atoms with Crippen LogP contribution in [-0.4, -0.2) is 37.9 Å². The monoisotopic (exact) mass is 257 g/mol. The third-order valence-corrected chi connectivity index (χ3v) is 3.20. The zero-order chi connectivity index (χ0) is 13.2. The van der Waals surface area contributed by atoms with Gasteiger partial charge in [-0.25, -0.2) is 0 Å². The summed E-state index contributed by atoms with van der Waals surface area (Å²) in [6.45, 7) is 0.0974. The molecule has 0 fully saturated rings. The van der Waals surface area contributed by atoms with Crippen LogP contribution in [-0.2, 0) is 0 Å². The van der Waals surface area contributed by atoms with Crippen LogP contribution in [0, 0.1) is 0 Å². The van der Waals surface area contributed by atoms with Gasteiger partial charge in [0.15, 0.2) is 0 Å². The summed E-state index contributed by atoms with van der Waals surface area (Å²) in [6, 6.07) is 7.59. The molecule has 1 aliphatic rings. The third kappa shape index (κ3) is 2.30. The van der Waals surface area contributed by atoms with Crippen molar-refractivity contribution in [3.8, 4) is 0 Å². The smallest absolute Gasteiger partial charge is 0.113 e. The van der Waals surface area contributed by atoms with E-state index < -0.39 is 6.10 Å². The molecule has 0 radical (unpaired) electrons. The van der Waals surface area contributed by atoms with E-state index in [1.807, 2.05) is 36.4 Å². The lowest BCUT2D eigenvalue weighted by molar-refractivity contribution is 0.224. The summed E-state index contributed by atoms with van der Waals surface area (Å²) in [5, 5.41) is 27.8. The van der Waals surface area contributed by atoms with Crippen molar-refractivity contribution in [3.63, 3.8) is 0 Å². The molecule has 1 aromatic heterocycles. The number of rotatable bonds is 3. The Bertz CT molecular complexity index is 625. The maximum Gasteiger partial charge on any atom is 0.113 e. The van der Waals surface area contributed by atoms with E-state index in [4.69, 9.17) is 5.11 Å². The molecule has 0 spiro atoms. The van der Waals surface area contributed by atoms with E-state index in [1.54, 1.807) is 0 Å². The van der Waals surface area contributed by atoms with Crippen molar-refractivity contribution >= 4 is 16.7 Å². The fourth-order valence-corrected chi connectivity index (χ4v) is 2.20. The molecule has 3 rings (SSSR count). The van der Waals surface area contributed by atoms with Crippen LogP contribution < -0.4 is 0 Å². The number of aromatic nitrogens is 3. The van der Waals surface area contributed by atoms with E-state index in [0.717, 1.165) is 16.6 Å². The molecular formula is C14H15N3O2. The number of allylic oxidation sites excluding steroid dienone is 1. The Kier molecular flexibility index (Phi) is 3.15. The van der Waals surface area contributed by atoms with Crippen LogP contribution in [0.25, 0.3) is 16.7 Å². The standard InChI is InChI=1S/C14H15N3O2/c18-8-7-10-5-6-14(19)13(9-10)17-15-11-3-1-2-4-12(11)16-17/h1-5,9,14,18-19H,6-8H2. The molecule has 0 amide bonds. The van der Waals surface area contributed by atoms with E-state index in [9.17, 15) is 5.11 Å². The Morgan fingerprint density at radius 3 is 2.53 bits per heavy atom. The predicted octanol–water partition coefficient (Wildman–Crippen LogP) is 1.35. The molecule has 5 nitrogen and oxygen atoms in total. The van der Waals surface area contributed by atoms with E-state index in [-0.39, 0.29) is 6.61 Å². The summed E-state index contributed by atoms with van der Waals surface area (Å²) in [7, 11) is 0. The van der Waals surface area contributed by atoms with E-state index in [0.29, 0.717) is 18.5 Å². The molecule has 98 valence electrons. The van der Waals surface area contributed by atoms with Crippen LogP contribution >= 0.6 is 0 Å². The van der Waals surface area contributed by atoms with Gasteiger partial charge in [-0.05, 0) is 36.6 Å². The molecule has 1 heterocycles. The SMILES string of the molecule is OCCC1=CCC(O)C(n2nc3ccccc3n2)=C1. The van der Waals surface area contributed by atoms with Crippen molar-refractivity contribution in [2.45, 2.75) is 18.9 Å². The van der Waals surface area contributed by atoms with Crippen LogP contribution in [0.5, 0.6) is 0 Å². The minimum Gasteiger partial charge on any atom is -0.396 e. The van der Waals surface area contributed by atoms with Crippen LogP contribution in [0.4, 0.5) is 0 Å². The van der Waals surface area contributed by atoms with Gasteiger partial charge in [0.05, 0.1) is 5.70 Å². The summed E-state index contributed by atoms with van der Waals surface area (Å²) >= 11 is 0. The van der Waals surface area contributed by atoms with Gasteiger partial charge in [0, 0.05) is 6.61 Å². The van der Waals surface area contributed by atoms with Gasteiger partial charge in [-0.1, -0.05) is 18.2 Å². The topological polar surface area (TPSA) is 71.2 Å². The van der Waals surface area contributed by atoms with Gasteiger partial charge >= 0.3 is 0 Å². The van der Waals surface area contributed by atoms with Gasteiger partial charge in [0.25, 0.3) is 0 Å². The largest absolute Gasteiger partial charge is 0.396 e. The number of hydrogen-bond acceptors (Lipinski definition) is 4. The minimum absolute atomic E-state index is 0.0974. The highest BCUT2D eigenvalue weighted by Gasteiger charge is 2.19. The number of aliphatic hydroxyl groups excluding tert-OH is 2. The number of nitrogens with zero attached hydrogens (tertiary/aromatic N) is 3. The lowest BCUT2D eigenvalue weighted by atomic mass is 10.00. The van der Waals surface area contributed by atoms with Crippen molar-refractivity contribution in [2.24, 2.45) is 0 Å². The molecular weight excluding hydrogens is 242 g/mol. The normalized spacial score (nSPS) is 19.4. The second-order valence-corrected chi connectivity index (χ2v) is 4.55.